The summed E-state index contributed by atoms with van der Waals surface area (Å²) in [6.45, 7) is 23.6. The molecule has 0 aromatic heterocycles. The third-order valence-corrected chi connectivity index (χ3v) is 13.0. The standard InChI is InChI=1S/C33H50O2Si/c1-23(2)15-14-16-24(3)28-20-19-25(4)30-29(28)21-26(5)31(35-36(9,10)33(6,7)8)32(30)34-22-27-17-12-11-13-18-27/h11-18,24-25,28-29H,19-22H2,1-10H3/b16-14+/t24-,25-,28+,29?/m0/s1. The van der Waals surface area contributed by atoms with Crippen molar-refractivity contribution in [1.82, 2.24) is 0 Å². The van der Waals surface area contributed by atoms with E-state index in [1.807, 2.05) is 0 Å². The van der Waals surface area contributed by atoms with Crippen LogP contribution in [0.25, 0.3) is 0 Å². The summed E-state index contributed by atoms with van der Waals surface area (Å²) >= 11 is 0. The molecule has 1 saturated carbocycles. The summed E-state index contributed by atoms with van der Waals surface area (Å²) < 4.78 is 13.8. The zero-order valence-corrected chi connectivity index (χ0v) is 25.6. The molecule has 2 nitrogen and oxygen atoms in total. The smallest absolute Gasteiger partial charge is 0.250 e. The zero-order valence-electron chi connectivity index (χ0n) is 24.6. The molecular formula is C33H50O2Si. The van der Waals surface area contributed by atoms with Gasteiger partial charge in [-0.05, 0) is 98.5 Å². The number of benzene rings is 1. The minimum atomic E-state index is -2.02. The number of ether oxygens (including phenoxy) is 1. The van der Waals surface area contributed by atoms with Crippen LogP contribution in [0.2, 0.25) is 18.1 Å². The molecule has 1 unspecified atom stereocenters. The van der Waals surface area contributed by atoms with E-state index in [9.17, 15) is 0 Å². The summed E-state index contributed by atoms with van der Waals surface area (Å²) in [5, 5.41) is 0.136. The van der Waals surface area contributed by atoms with Crippen molar-refractivity contribution in [2.24, 2.45) is 23.7 Å². The molecule has 4 atom stereocenters. The molecule has 1 aromatic carbocycles. The number of hydrogen-bond acceptors (Lipinski definition) is 2. The van der Waals surface area contributed by atoms with E-state index >= 15 is 0 Å². The lowest BCUT2D eigenvalue weighted by molar-refractivity contribution is 0.140. The molecule has 3 heteroatoms. The van der Waals surface area contributed by atoms with Gasteiger partial charge in [0, 0.05) is 0 Å². The molecule has 0 N–H and O–H groups in total. The largest absolute Gasteiger partial charge is 0.541 e. The van der Waals surface area contributed by atoms with Gasteiger partial charge < -0.3 is 9.16 Å². The van der Waals surface area contributed by atoms with Crippen molar-refractivity contribution in [3.8, 4) is 0 Å². The normalized spacial score (nSPS) is 24.0. The van der Waals surface area contributed by atoms with Crippen LogP contribution in [-0.4, -0.2) is 8.32 Å². The molecule has 3 rings (SSSR count). The minimum Gasteiger partial charge on any atom is -0.541 e. The Labute approximate surface area is 222 Å². The van der Waals surface area contributed by atoms with Gasteiger partial charge in [-0.3, -0.25) is 0 Å². The third kappa shape index (κ3) is 6.65. The Morgan fingerprint density at radius 2 is 1.75 bits per heavy atom. The molecule has 1 fully saturated rings. The third-order valence-electron chi connectivity index (χ3n) is 8.67. The average Bonchev–Trinajstić information content (AvgIpc) is 2.78. The van der Waals surface area contributed by atoms with E-state index in [1.54, 1.807) is 0 Å². The second-order valence-electron chi connectivity index (χ2n) is 13.0. The zero-order chi connectivity index (χ0) is 26.7. The fraction of sp³-hybridized carbons (Fsp3) is 0.576. The second-order valence-corrected chi connectivity index (χ2v) is 17.7. The summed E-state index contributed by atoms with van der Waals surface area (Å²) in [5.41, 5.74) is 5.41. The van der Waals surface area contributed by atoms with E-state index in [0.29, 0.717) is 30.3 Å². The fourth-order valence-electron chi connectivity index (χ4n) is 5.41. The molecule has 198 valence electrons. The predicted molar refractivity (Wildman–Crippen MR) is 157 cm³/mol. The highest BCUT2D eigenvalue weighted by Gasteiger charge is 2.45. The SMILES string of the molecule is CC(C)=C/C=C/[C@H](C)[C@H]1CC[C@H](C)C2=C(OCc3ccccc3)C(O[Si](C)(C)C(C)(C)C)=C(C)CC21. The van der Waals surface area contributed by atoms with Crippen LogP contribution in [0.1, 0.15) is 80.2 Å². The van der Waals surface area contributed by atoms with Crippen LogP contribution < -0.4 is 0 Å². The lowest BCUT2D eigenvalue weighted by Crippen LogP contribution is -2.42. The molecule has 0 radical (unpaired) electrons. The van der Waals surface area contributed by atoms with Crippen LogP contribution in [0.15, 0.2) is 76.8 Å². The first kappa shape index (κ1) is 28.6. The van der Waals surface area contributed by atoms with Crippen molar-refractivity contribution in [3.05, 3.63) is 82.4 Å². The van der Waals surface area contributed by atoms with E-state index < -0.39 is 8.32 Å². The highest BCUT2D eigenvalue weighted by atomic mass is 28.4. The molecule has 0 bridgehead atoms. The highest BCUT2D eigenvalue weighted by molar-refractivity contribution is 6.74. The van der Waals surface area contributed by atoms with Gasteiger partial charge in [0.1, 0.15) is 12.4 Å². The van der Waals surface area contributed by atoms with Crippen LogP contribution in [0, 0.1) is 23.7 Å². The summed E-state index contributed by atoms with van der Waals surface area (Å²) in [5.74, 6) is 4.27. The van der Waals surface area contributed by atoms with E-state index in [-0.39, 0.29) is 5.04 Å². The second kappa shape index (κ2) is 11.6. The fourth-order valence-corrected chi connectivity index (χ4v) is 6.50. The number of allylic oxidation sites excluding steroid dienone is 6. The van der Waals surface area contributed by atoms with Crippen molar-refractivity contribution in [2.45, 2.75) is 99.4 Å². The molecule has 1 aromatic rings. The Morgan fingerprint density at radius 1 is 1.08 bits per heavy atom. The molecular weight excluding hydrogens is 456 g/mol. The monoisotopic (exact) mass is 506 g/mol. The van der Waals surface area contributed by atoms with Gasteiger partial charge in [-0.1, -0.05) is 88.8 Å². The maximum absolute atomic E-state index is 7.05. The minimum absolute atomic E-state index is 0.136. The average molecular weight is 507 g/mol. The lowest BCUT2D eigenvalue weighted by atomic mass is 9.63. The van der Waals surface area contributed by atoms with Crippen molar-refractivity contribution in [3.63, 3.8) is 0 Å². The molecule has 2 aliphatic rings. The van der Waals surface area contributed by atoms with E-state index in [0.717, 1.165) is 17.9 Å². The van der Waals surface area contributed by atoms with Gasteiger partial charge in [0.25, 0.3) is 8.32 Å². The molecule has 0 aliphatic heterocycles. The van der Waals surface area contributed by atoms with Gasteiger partial charge in [-0.2, -0.15) is 0 Å². The van der Waals surface area contributed by atoms with Gasteiger partial charge in [0.2, 0.25) is 0 Å². The van der Waals surface area contributed by atoms with Crippen molar-refractivity contribution in [2.75, 3.05) is 0 Å². The number of rotatable bonds is 8. The molecule has 0 spiro atoms. The van der Waals surface area contributed by atoms with E-state index in [1.165, 1.54) is 35.1 Å². The summed E-state index contributed by atoms with van der Waals surface area (Å²) in [6, 6.07) is 10.6. The predicted octanol–water partition coefficient (Wildman–Crippen LogP) is 9.98. The maximum Gasteiger partial charge on any atom is 0.250 e. The number of hydrogen-bond donors (Lipinski definition) is 0. The van der Waals surface area contributed by atoms with Crippen LogP contribution in [0.4, 0.5) is 0 Å². The van der Waals surface area contributed by atoms with Crippen molar-refractivity contribution < 1.29 is 9.16 Å². The Morgan fingerprint density at radius 3 is 2.36 bits per heavy atom. The van der Waals surface area contributed by atoms with Crippen molar-refractivity contribution in [1.29, 1.82) is 0 Å². The van der Waals surface area contributed by atoms with Crippen LogP contribution in [-0.2, 0) is 15.8 Å². The highest BCUT2D eigenvalue weighted by Crippen LogP contribution is 2.52. The quantitative estimate of drug-likeness (QED) is 0.258. The molecule has 2 aliphatic carbocycles. The lowest BCUT2D eigenvalue weighted by Gasteiger charge is -2.45. The van der Waals surface area contributed by atoms with Gasteiger partial charge in [0.15, 0.2) is 5.76 Å². The Balaban J connectivity index is 2.03. The van der Waals surface area contributed by atoms with E-state index in [2.05, 4.69) is 117 Å². The first-order valence-electron chi connectivity index (χ1n) is 13.9. The molecule has 0 amide bonds. The molecule has 0 saturated heterocycles. The van der Waals surface area contributed by atoms with Gasteiger partial charge in [-0.25, -0.2) is 0 Å². The van der Waals surface area contributed by atoms with Gasteiger partial charge in [0.05, 0.1) is 0 Å². The van der Waals surface area contributed by atoms with Gasteiger partial charge in [-0.15, -0.1) is 0 Å². The van der Waals surface area contributed by atoms with Crippen molar-refractivity contribution >= 4 is 8.32 Å². The summed E-state index contributed by atoms with van der Waals surface area (Å²) in [4.78, 5) is 0. The Kier molecular flexibility index (Phi) is 9.19. The van der Waals surface area contributed by atoms with Crippen LogP contribution in [0.3, 0.4) is 0 Å². The first-order valence-corrected chi connectivity index (χ1v) is 16.8. The van der Waals surface area contributed by atoms with Crippen LogP contribution >= 0.6 is 0 Å². The van der Waals surface area contributed by atoms with E-state index in [4.69, 9.17) is 9.16 Å². The van der Waals surface area contributed by atoms with Crippen LogP contribution in [0.5, 0.6) is 0 Å². The maximum atomic E-state index is 7.05. The van der Waals surface area contributed by atoms with Gasteiger partial charge >= 0.3 is 0 Å². The Hall–Kier alpha value is -2.00. The molecule has 0 heterocycles. The topological polar surface area (TPSA) is 18.5 Å². The Bertz CT molecular complexity index is 1020. The molecule has 36 heavy (non-hydrogen) atoms. The summed E-state index contributed by atoms with van der Waals surface area (Å²) in [7, 11) is -2.02. The summed E-state index contributed by atoms with van der Waals surface area (Å²) in [6.07, 6.45) is 10.5. The first-order chi connectivity index (χ1) is 16.8. The number of fused-ring (bicyclic) bond motifs is 1.